The zero-order valence-corrected chi connectivity index (χ0v) is 10.2. The van der Waals surface area contributed by atoms with Crippen molar-refractivity contribution in [2.75, 3.05) is 11.9 Å². The van der Waals surface area contributed by atoms with Crippen LogP contribution < -0.4 is 10.1 Å². The van der Waals surface area contributed by atoms with Gasteiger partial charge in [0.05, 0.1) is 0 Å². The number of anilines is 1. The molecule has 0 bridgehead atoms. The van der Waals surface area contributed by atoms with Crippen LogP contribution in [0.3, 0.4) is 0 Å². The summed E-state index contributed by atoms with van der Waals surface area (Å²) in [5.41, 5.74) is 1.35. The molecule has 0 spiro atoms. The van der Waals surface area contributed by atoms with Crippen LogP contribution in [0.5, 0.6) is 5.75 Å². The second-order valence-electron chi connectivity index (χ2n) is 3.60. The Morgan fingerprint density at radius 2 is 2.11 bits per heavy atom. The molecule has 0 aliphatic rings. The van der Waals surface area contributed by atoms with Crippen LogP contribution >= 0.6 is 0 Å². The van der Waals surface area contributed by atoms with Gasteiger partial charge < -0.3 is 10.1 Å². The highest BCUT2D eigenvalue weighted by molar-refractivity contribution is 5.56. The summed E-state index contributed by atoms with van der Waals surface area (Å²) in [5.74, 6) is 0.341. The van der Waals surface area contributed by atoms with E-state index in [0.717, 1.165) is 5.56 Å². The van der Waals surface area contributed by atoms with Crippen LogP contribution in [-0.4, -0.2) is 13.0 Å². The van der Waals surface area contributed by atoms with Crippen molar-refractivity contribution in [3.8, 4) is 17.9 Å². The van der Waals surface area contributed by atoms with Gasteiger partial charge in [0.1, 0.15) is 30.1 Å². The molecule has 0 radical (unpaired) electrons. The predicted octanol–water partition coefficient (Wildman–Crippen LogP) is 2.98. The van der Waals surface area contributed by atoms with Gasteiger partial charge in [-0.15, -0.1) is 0 Å². The maximum atomic E-state index is 12.0. The molecule has 1 N–H and O–H groups in total. The molecular weight excluding hydrogens is 252 g/mol. The van der Waals surface area contributed by atoms with E-state index in [2.05, 4.69) is 5.32 Å². The smallest absolute Gasteiger partial charge is 0.272 e. The van der Waals surface area contributed by atoms with Gasteiger partial charge in [0, 0.05) is 11.9 Å². The van der Waals surface area contributed by atoms with Crippen molar-refractivity contribution in [2.24, 2.45) is 0 Å². The summed E-state index contributed by atoms with van der Waals surface area (Å²) in [6.45, 7) is 1.10. The van der Waals surface area contributed by atoms with Crippen LogP contribution in [0.25, 0.3) is 0 Å². The second kappa shape index (κ2) is 6.97. The van der Waals surface area contributed by atoms with E-state index < -0.39 is 13.0 Å². The molecule has 98 valence electrons. The Hall–Kier alpha value is -2.60. The molecule has 0 saturated heterocycles. The van der Waals surface area contributed by atoms with Crippen molar-refractivity contribution in [3.05, 3.63) is 35.5 Å². The normalized spacial score (nSPS) is 9.37. The number of allylic oxidation sites excluding steroid dienone is 1. The maximum absolute atomic E-state index is 12.0. The minimum Gasteiger partial charge on any atom is -0.488 e. The fraction of sp³-hybridized carbons (Fsp3) is 0.231. The van der Waals surface area contributed by atoms with E-state index in [-0.39, 0.29) is 5.57 Å². The highest BCUT2D eigenvalue weighted by atomic mass is 19.3. The topological polar surface area (TPSA) is 68.8 Å². The van der Waals surface area contributed by atoms with Gasteiger partial charge in [-0.25, -0.2) is 8.78 Å². The number of ether oxygens (including phenoxy) is 1. The summed E-state index contributed by atoms with van der Waals surface area (Å²) in [7, 11) is 0. The lowest BCUT2D eigenvalue weighted by Gasteiger charge is -2.09. The molecule has 0 heterocycles. The van der Waals surface area contributed by atoms with Gasteiger partial charge >= 0.3 is 0 Å². The molecule has 6 heteroatoms. The second-order valence-corrected chi connectivity index (χ2v) is 3.60. The molecule has 0 aliphatic heterocycles. The molecule has 1 aromatic rings. The van der Waals surface area contributed by atoms with Gasteiger partial charge in [0.15, 0.2) is 0 Å². The van der Waals surface area contributed by atoms with Crippen molar-refractivity contribution >= 4 is 5.69 Å². The number of nitrogens with zero attached hydrogens (tertiary/aromatic N) is 2. The minimum atomic E-state index is -2.52. The molecule has 1 aromatic carbocycles. The predicted molar refractivity (Wildman–Crippen MR) is 65.6 cm³/mol. The Morgan fingerprint density at radius 3 is 2.63 bits per heavy atom. The van der Waals surface area contributed by atoms with E-state index in [4.69, 9.17) is 15.3 Å². The third-order valence-corrected chi connectivity index (χ3v) is 2.19. The fourth-order valence-electron chi connectivity index (χ4n) is 1.29. The number of rotatable bonds is 5. The zero-order valence-electron chi connectivity index (χ0n) is 10.2. The highest BCUT2D eigenvalue weighted by Crippen LogP contribution is 2.21. The first kappa shape index (κ1) is 14.5. The average Bonchev–Trinajstić information content (AvgIpc) is 2.39. The van der Waals surface area contributed by atoms with E-state index in [1.165, 1.54) is 12.3 Å². The molecule has 0 unspecified atom stereocenters. The first-order valence-corrected chi connectivity index (χ1v) is 5.35. The van der Waals surface area contributed by atoms with Crippen LogP contribution in [0.1, 0.15) is 5.56 Å². The molecule has 4 nitrogen and oxygen atoms in total. The molecule has 0 amide bonds. The first-order chi connectivity index (χ1) is 9.06. The standard InChI is InChI=1S/C13H11F2N3O/c1-9-4-11(19-8-13(14)15)2-3-12(9)18-7-10(5-16)6-17/h2-4,7,13,18H,8H2,1H3. The molecule has 1 rings (SSSR count). The van der Waals surface area contributed by atoms with E-state index in [1.54, 1.807) is 31.2 Å². The minimum absolute atomic E-state index is 0.0579. The lowest BCUT2D eigenvalue weighted by molar-refractivity contribution is 0.0819. The van der Waals surface area contributed by atoms with E-state index in [1.807, 2.05) is 0 Å². The fourth-order valence-corrected chi connectivity index (χ4v) is 1.29. The van der Waals surface area contributed by atoms with Gasteiger partial charge in [-0.2, -0.15) is 10.5 Å². The zero-order chi connectivity index (χ0) is 14.3. The average molecular weight is 263 g/mol. The Kier molecular flexibility index (Phi) is 5.31. The van der Waals surface area contributed by atoms with Gasteiger partial charge in [-0.05, 0) is 30.7 Å². The van der Waals surface area contributed by atoms with Crippen molar-refractivity contribution in [3.63, 3.8) is 0 Å². The van der Waals surface area contributed by atoms with Crippen LogP contribution in [0.2, 0.25) is 0 Å². The van der Waals surface area contributed by atoms with E-state index >= 15 is 0 Å². The number of nitrogens with one attached hydrogen (secondary N) is 1. The van der Waals surface area contributed by atoms with Crippen LogP contribution in [0.4, 0.5) is 14.5 Å². The van der Waals surface area contributed by atoms with Crippen molar-refractivity contribution in [1.29, 1.82) is 10.5 Å². The third-order valence-electron chi connectivity index (χ3n) is 2.19. The summed E-state index contributed by atoms with van der Waals surface area (Å²) in [6.07, 6.45) is -1.24. The Balaban J connectivity index is 2.76. The maximum Gasteiger partial charge on any atom is 0.272 e. The van der Waals surface area contributed by atoms with Crippen LogP contribution in [0, 0.1) is 29.6 Å². The van der Waals surface area contributed by atoms with E-state index in [0.29, 0.717) is 11.4 Å². The molecular formula is C13H11F2N3O. The number of benzene rings is 1. The highest BCUT2D eigenvalue weighted by Gasteiger charge is 2.05. The van der Waals surface area contributed by atoms with E-state index in [9.17, 15) is 8.78 Å². The molecule has 0 fully saturated rings. The Morgan fingerprint density at radius 1 is 1.42 bits per heavy atom. The molecule has 0 aromatic heterocycles. The summed E-state index contributed by atoms with van der Waals surface area (Å²) < 4.78 is 28.8. The molecule has 19 heavy (non-hydrogen) atoms. The van der Waals surface area contributed by atoms with Gasteiger partial charge in [0.25, 0.3) is 6.43 Å². The van der Waals surface area contributed by atoms with Gasteiger partial charge in [-0.1, -0.05) is 0 Å². The van der Waals surface area contributed by atoms with Crippen molar-refractivity contribution in [2.45, 2.75) is 13.3 Å². The van der Waals surface area contributed by atoms with Crippen molar-refractivity contribution in [1.82, 2.24) is 0 Å². The lowest BCUT2D eigenvalue weighted by atomic mass is 10.2. The number of nitriles is 2. The molecule has 0 aliphatic carbocycles. The van der Waals surface area contributed by atoms with Gasteiger partial charge in [0.2, 0.25) is 0 Å². The molecule has 0 saturated carbocycles. The number of hydrogen-bond donors (Lipinski definition) is 1. The number of halogens is 2. The number of alkyl halides is 2. The molecule has 0 atom stereocenters. The summed E-state index contributed by atoms with van der Waals surface area (Å²) in [5, 5.41) is 19.9. The van der Waals surface area contributed by atoms with Crippen LogP contribution in [-0.2, 0) is 0 Å². The van der Waals surface area contributed by atoms with Gasteiger partial charge in [-0.3, -0.25) is 0 Å². The summed E-state index contributed by atoms with van der Waals surface area (Å²) in [4.78, 5) is 0. The monoisotopic (exact) mass is 263 g/mol. The SMILES string of the molecule is Cc1cc(OCC(F)F)ccc1NC=C(C#N)C#N. The summed E-state index contributed by atoms with van der Waals surface area (Å²) in [6, 6.07) is 8.18. The number of aryl methyl sites for hydroxylation is 1. The largest absolute Gasteiger partial charge is 0.488 e. The summed E-state index contributed by atoms with van der Waals surface area (Å²) >= 11 is 0. The quantitative estimate of drug-likeness (QED) is 0.829. The third kappa shape index (κ3) is 4.64. The number of hydrogen-bond acceptors (Lipinski definition) is 4. The first-order valence-electron chi connectivity index (χ1n) is 5.35. The Bertz CT molecular complexity index is 540. The van der Waals surface area contributed by atoms with Crippen LogP contribution in [0.15, 0.2) is 30.0 Å². The Labute approximate surface area is 109 Å². The van der Waals surface area contributed by atoms with Crippen molar-refractivity contribution < 1.29 is 13.5 Å². The lowest BCUT2D eigenvalue weighted by Crippen LogP contribution is -2.07.